The van der Waals surface area contributed by atoms with Crippen molar-refractivity contribution in [3.63, 3.8) is 0 Å². The first-order valence-corrected chi connectivity index (χ1v) is 6.48. The molecule has 4 nitrogen and oxygen atoms in total. The molecule has 0 heterocycles. The van der Waals surface area contributed by atoms with Gasteiger partial charge in [0, 0.05) is 6.42 Å². The Bertz CT molecular complexity index is 431. The average Bonchev–Trinajstić information content (AvgIpc) is 2.34. The second-order valence-electron chi connectivity index (χ2n) is 4.73. The number of aliphatic carboxylic acids is 1. The number of carboxylic acid groups (broad SMARTS) is 1. The lowest BCUT2D eigenvalue weighted by atomic mass is 10.1. The van der Waals surface area contributed by atoms with Gasteiger partial charge < -0.3 is 14.6 Å². The van der Waals surface area contributed by atoms with Crippen LogP contribution in [0.15, 0.2) is 18.2 Å². The third-order valence-corrected chi connectivity index (χ3v) is 2.84. The highest BCUT2D eigenvalue weighted by molar-refractivity contribution is 6.32. The van der Waals surface area contributed by atoms with Gasteiger partial charge in [0.15, 0.2) is 6.10 Å². The van der Waals surface area contributed by atoms with Crippen molar-refractivity contribution in [2.45, 2.75) is 26.4 Å². The van der Waals surface area contributed by atoms with Crippen LogP contribution in [0.1, 0.15) is 19.4 Å². The average molecular weight is 287 g/mol. The van der Waals surface area contributed by atoms with Gasteiger partial charge in [-0.1, -0.05) is 31.5 Å². The van der Waals surface area contributed by atoms with Crippen molar-refractivity contribution in [3.8, 4) is 5.75 Å². The van der Waals surface area contributed by atoms with Crippen LogP contribution in [0.3, 0.4) is 0 Å². The molecule has 1 rings (SSSR count). The second-order valence-corrected chi connectivity index (χ2v) is 5.13. The molecule has 0 saturated heterocycles. The van der Waals surface area contributed by atoms with Gasteiger partial charge in [0.25, 0.3) is 0 Å². The first kappa shape index (κ1) is 15.8. The van der Waals surface area contributed by atoms with Crippen molar-refractivity contribution in [3.05, 3.63) is 28.8 Å². The largest absolute Gasteiger partial charge is 0.495 e. The van der Waals surface area contributed by atoms with Gasteiger partial charge in [-0.15, -0.1) is 0 Å². The first-order chi connectivity index (χ1) is 8.93. The summed E-state index contributed by atoms with van der Waals surface area (Å²) >= 11 is 6.01. The Morgan fingerprint density at radius 2 is 2.11 bits per heavy atom. The fourth-order valence-corrected chi connectivity index (χ4v) is 1.86. The Balaban J connectivity index is 2.73. The van der Waals surface area contributed by atoms with E-state index in [2.05, 4.69) is 0 Å². The van der Waals surface area contributed by atoms with Crippen LogP contribution < -0.4 is 4.74 Å². The summed E-state index contributed by atoms with van der Waals surface area (Å²) in [5, 5.41) is 9.60. The molecular formula is C14H19ClO4. The number of ether oxygens (including phenoxy) is 2. The molecule has 0 spiro atoms. The smallest absolute Gasteiger partial charge is 0.333 e. The molecule has 106 valence electrons. The number of hydrogen-bond acceptors (Lipinski definition) is 3. The van der Waals surface area contributed by atoms with Crippen molar-refractivity contribution >= 4 is 17.6 Å². The monoisotopic (exact) mass is 286 g/mol. The van der Waals surface area contributed by atoms with E-state index in [1.54, 1.807) is 18.2 Å². The van der Waals surface area contributed by atoms with Gasteiger partial charge in [-0.05, 0) is 23.6 Å². The highest BCUT2D eigenvalue weighted by atomic mass is 35.5. The minimum absolute atomic E-state index is 0.283. The lowest BCUT2D eigenvalue weighted by Gasteiger charge is -2.15. The van der Waals surface area contributed by atoms with Gasteiger partial charge in [-0.25, -0.2) is 4.79 Å². The van der Waals surface area contributed by atoms with Gasteiger partial charge in [-0.2, -0.15) is 0 Å². The Morgan fingerprint density at radius 1 is 1.42 bits per heavy atom. The molecule has 1 unspecified atom stereocenters. The summed E-state index contributed by atoms with van der Waals surface area (Å²) in [5.74, 6) is -0.103. The number of halogens is 1. The second kappa shape index (κ2) is 7.36. The van der Waals surface area contributed by atoms with Crippen molar-refractivity contribution in [1.82, 2.24) is 0 Å². The zero-order valence-corrected chi connectivity index (χ0v) is 12.1. The highest BCUT2D eigenvalue weighted by Gasteiger charge is 2.19. The van der Waals surface area contributed by atoms with E-state index in [4.69, 9.17) is 26.2 Å². The predicted octanol–water partition coefficient (Wildman–Crippen LogP) is 3.02. The van der Waals surface area contributed by atoms with Crippen LogP contribution in [-0.4, -0.2) is 30.9 Å². The van der Waals surface area contributed by atoms with E-state index in [-0.39, 0.29) is 6.42 Å². The standard InChI is InChI=1S/C14H19ClO4/c1-9(2)8-19-13(14(16)17)7-10-4-5-12(18-3)11(15)6-10/h4-6,9,13H,7-8H2,1-3H3,(H,16,17). The summed E-state index contributed by atoms with van der Waals surface area (Å²) in [6.45, 7) is 4.37. The van der Waals surface area contributed by atoms with Crippen LogP contribution in [0.4, 0.5) is 0 Å². The number of benzene rings is 1. The lowest BCUT2D eigenvalue weighted by molar-refractivity contribution is -0.150. The van der Waals surface area contributed by atoms with Crippen LogP contribution in [0, 0.1) is 5.92 Å². The minimum atomic E-state index is -0.965. The predicted molar refractivity (Wildman–Crippen MR) is 73.9 cm³/mol. The maximum absolute atomic E-state index is 11.1. The lowest BCUT2D eigenvalue weighted by Crippen LogP contribution is -2.28. The molecule has 0 radical (unpaired) electrons. The Labute approximate surface area is 118 Å². The summed E-state index contributed by atoms with van der Waals surface area (Å²) in [5.41, 5.74) is 0.807. The molecule has 0 saturated carbocycles. The molecule has 0 aromatic heterocycles. The normalized spacial score (nSPS) is 12.5. The van der Waals surface area contributed by atoms with Crippen molar-refractivity contribution in [2.75, 3.05) is 13.7 Å². The van der Waals surface area contributed by atoms with Gasteiger partial charge in [0.1, 0.15) is 5.75 Å². The zero-order valence-electron chi connectivity index (χ0n) is 11.4. The highest BCUT2D eigenvalue weighted by Crippen LogP contribution is 2.25. The van der Waals surface area contributed by atoms with E-state index >= 15 is 0 Å². The van der Waals surface area contributed by atoms with Gasteiger partial charge in [0.05, 0.1) is 18.7 Å². The third-order valence-electron chi connectivity index (χ3n) is 2.54. The third kappa shape index (κ3) is 5.09. The summed E-state index contributed by atoms with van der Waals surface area (Å²) in [6, 6.07) is 5.22. The van der Waals surface area contributed by atoms with Gasteiger partial charge in [0.2, 0.25) is 0 Å². The molecule has 0 fully saturated rings. The van der Waals surface area contributed by atoms with Crippen LogP contribution in [0.5, 0.6) is 5.75 Å². The molecule has 0 aliphatic rings. The first-order valence-electron chi connectivity index (χ1n) is 6.10. The quantitative estimate of drug-likeness (QED) is 0.837. The molecule has 1 atom stereocenters. The zero-order chi connectivity index (χ0) is 14.4. The number of carboxylic acids is 1. The van der Waals surface area contributed by atoms with E-state index in [1.807, 2.05) is 13.8 Å². The van der Waals surface area contributed by atoms with Crippen LogP contribution in [0.25, 0.3) is 0 Å². The van der Waals surface area contributed by atoms with Gasteiger partial charge in [-0.3, -0.25) is 0 Å². The molecule has 0 aliphatic carbocycles. The van der Waals surface area contributed by atoms with E-state index in [0.717, 1.165) is 5.56 Å². The maximum atomic E-state index is 11.1. The molecule has 0 bridgehead atoms. The topological polar surface area (TPSA) is 55.8 Å². The fourth-order valence-electron chi connectivity index (χ4n) is 1.58. The maximum Gasteiger partial charge on any atom is 0.333 e. The molecular weight excluding hydrogens is 268 g/mol. The summed E-state index contributed by atoms with van der Waals surface area (Å²) in [6.07, 6.45) is -0.571. The number of methoxy groups -OCH3 is 1. The SMILES string of the molecule is COc1ccc(CC(OCC(C)C)C(=O)O)cc1Cl. The Kier molecular flexibility index (Phi) is 6.12. The van der Waals surface area contributed by atoms with E-state index in [9.17, 15) is 4.79 Å². The molecule has 0 aliphatic heterocycles. The number of carbonyl (C=O) groups is 1. The van der Waals surface area contributed by atoms with Crippen LogP contribution >= 0.6 is 11.6 Å². The number of hydrogen-bond donors (Lipinski definition) is 1. The van der Waals surface area contributed by atoms with E-state index in [1.165, 1.54) is 7.11 Å². The van der Waals surface area contributed by atoms with E-state index in [0.29, 0.717) is 23.3 Å². The molecule has 1 aromatic rings. The van der Waals surface area contributed by atoms with E-state index < -0.39 is 12.1 Å². The number of rotatable bonds is 7. The molecule has 19 heavy (non-hydrogen) atoms. The molecule has 5 heteroatoms. The van der Waals surface area contributed by atoms with Crippen molar-refractivity contribution < 1.29 is 19.4 Å². The minimum Gasteiger partial charge on any atom is -0.495 e. The molecule has 1 aromatic carbocycles. The Morgan fingerprint density at radius 3 is 2.58 bits per heavy atom. The molecule has 0 amide bonds. The van der Waals surface area contributed by atoms with Crippen LogP contribution in [-0.2, 0) is 16.0 Å². The van der Waals surface area contributed by atoms with Crippen LogP contribution in [0.2, 0.25) is 5.02 Å². The van der Waals surface area contributed by atoms with Crippen molar-refractivity contribution in [1.29, 1.82) is 0 Å². The Hall–Kier alpha value is -1.26. The van der Waals surface area contributed by atoms with Gasteiger partial charge >= 0.3 is 5.97 Å². The van der Waals surface area contributed by atoms with Crippen molar-refractivity contribution in [2.24, 2.45) is 5.92 Å². The molecule has 1 N–H and O–H groups in total. The summed E-state index contributed by atoms with van der Waals surface area (Å²) < 4.78 is 10.4. The summed E-state index contributed by atoms with van der Waals surface area (Å²) in [7, 11) is 1.53. The fraction of sp³-hybridized carbons (Fsp3) is 0.500. The summed E-state index contributed by atoms with van der Waals surface area (Å²) in [4.78, 5) is 11.1.